The van der Waals surface area contributed by atoms with Gasteiger partial charge in [0.1, 0.15) is 6.04 Å². The van der Waals surface area contributed by atoms with Crippen molar-refractivity contribution in [2.45, 2.75) is 18.9 Å². The molecule has 3 nitrogen and oxygen atoms in total. The van der Waals surface area contributed by atoms with Gasteiger partial charge in [0, 0.05) is 56.7 Å². The van der Waals surface area contributed by atoms with Gasteiger partial charge < -0.3 is 0 Å². The van der Waals surface area contributed by atoms with Crippen LogP contribution in [0.1, 0.15) is 26.9 Å². The molecule has 0 aliphatic heterocycles. The Hall–Kier alpha value is -2.11. The van der Waals surface area contributed by atoms with E-state index in [0.717, 1.165) is 42.1 Å². The minimum absolute atomic E-state index is 0. The molecule has 0 radical (unpaired) electrons. The summed E-state index contributed by atoms with van der Waals surface area (Å²) in [5, 5.41) is 18.0. The number of benzene rings is 2. The van der Waals surface area contributed by atoms with Crippen LogP contribution in [0.15, 0.2) is 88.5 Å². The van der Waals surface area contributed by atoms with Gasteiger partial charge in [-0.15, -0.1) is 22.7 Å². The van der Waals surface area contributed by atoms with E-state index in [1.54, 1.807) is 22.7 Å². The quantitative estimate of drug-likeness (QED) is 0.211. The van der Waals surface area contributed by atoms with Gasteiger partial charge in [-0.05, 0) is 41.4 Å². The molecule has 0 fully saturated rings. The zero-order chi connectivity index (χ0) is 24.0. The molecule has 0 spiro atoms. The molecule has 4 rings (SSSR count). The van der Waals surface area contributed by atoms with E-state index in [0.29, 0.717) is 5.02 Å². The maximum absolute atomic E-state index is 9.19. The van der Waals surface area contributed by atoms with Gasteiger partial charge in [0.25, 0.3) is 0 Å². The highest BCUT2D eigenvalue weighted by atomic mass is 35.5. The number of thiophene rings is 2. The lowest BCUT2D eigenvalue weighted by Crippen LogP contribution is -2.22. The molecule has 2 aromatic heterocycles. The van der Waals surface area contributed by atoms with Crippen LogP contribution in [0.5, 0.6) is 0 Å². The first-order valence-electron chi connectivity index (χ1n) is 10.8. The third-order valence-electron chi connectivity index (χ3n) is 4.85. The molecular formula is C27H27Cl2N3S3. The summed E-state index contributed by atoms with van der Waals surface area (Å²) in [6.45, 7) is 1.58. The van der Waals surface area contributed by atoms with E-state index in [1.807, 2.05) is 60.8 Å². The molecule has 0 unspecified atom stereocenters. The van der Waals surface area contributed by atoms with Crippen molar-refractivity contribution in [1.29, 1.82) is 5.26 Å². The minimum Gasteiger partial charge on any atom is -0.298 e. The molecule has 1 atom stereocenters. The van der Waals surface area contributed by atoms with Crippen molar-refractivity contribution in [2.75, 3.05) is 13.1 Å². The molecule has 0 amide bonds. The van der Waals surface area contributed by atoms with Crippen LogP contribution in [0.3, 0.4) is 0 Å². The maximum Gasteiger partial charge on any atom is 0.122 e. The third-order valence-corrected chi connectivity index (χ3v) is 7.41. The fourth-order valence-corrected chi connectivity index (χ4v) is 4.94. The molecule has 0 saturated carbocycles. The van der Waals surface area contributed by atoms with E-state index < -0.39 is 0 Å². The van der Waals surface area contributed by atoms with E-state index >= 15 is 0 Å². The fraction of sp³-hybridized carbons (Fsp3) is 0.185. The molecule has 35 heavy (non-hydrogen) atoms. The lowest BCUT2D eigenvalue weighted by molar-refractivity contribution is 0.632. The molecular weight excluding hydrogens is 533 g/mol. The molecule has 0 bridgehead atoms. The second kappa shape index (κ2) is 16.5. The van der Waals surface area contributed by atoms with Crippen molar-refractivity contribution < 1.29 is 0 Å². The van der Waals surface area contributed by atoms with Gasteiger partial charge in [-0.2, -0.15) is 18.8 Å². The summed E-state index contributed by atoms with van der Waals surface area (Å²) in [6.07, 6.45) is 3.77. The summed E-state index contributed by atoms with van der Waals surface area (Å²) in [5.74, 6) is 0. The van der Waals surface area contributed by atoms with Crippen LogP contribution in [0, 0.1) is 11.3 Å². The first-order valence-corrected chi connectivity index (χ1v) is 13.4. The van der Waals surface area contributed by atoms with Crippen molar-refractivity contribution in [3.8, 4) is 6.07 Å². The fourth-order valence-electron chi connectivity index (χ4n) is 3.10. The van der Waals surface area contributed by atoms with Crippen LogP contribution in [-0.4, -0.2) is 19.3 Å². The molecule has 4 aromatic rings. The second-order valence-electron chi connectivity index (χ2n) is 7.25. The maximum atomic E-state index is 9.19. The number of nitrogens with zero attached hydrogens (tertiary/aromatic N) is 2. The summed E-state index contributed by atoms with van der Waals surface area (Å²) in [5.41, 5.74) is 1.82. The number of hydrogen-bond acceptors (Lipinski definition) is 5. The Bertz CT molecular complexity index is 1190. The van der Waals surface area contributed by atoms with Crippen LogP contribution in [0.4, 0.5) is 0 Å². The summed E-state index contributed by atoms with van der Waals surface area (Å²) in [4.78, 5) is 7.06. The van der Waals surface area contributed by atoms with Gasteiger partial charge in [-0.1, -0.05) is 71.7 Å². The Morgan fingerprint density at radius 3 is 2.09 bits per heavy atom. The van der Waals surface area contributed by atoms with Crippen molar-refractivity contribution in [3.05, 3.63) is 114 Å². The third kappa shape index (κ3) is 10.2. The predicted molar refractivity (Wildman–Crippen MR) is 158 cm³/mol. The average molecular weight is 561 g/mol. The molecule has 0 aliphatic rings. The van der Waals surface area contributed by atoms with Crippen LogP contribution in [-0.2, 0) is 12.8 Å². The minimum atomic E-state index is -0.348. The highest BCUT2D eigenvalue weighted by Crippen LogP contribution is 2.22. The summed E-state index contributed by atoms with van der Waals surface area (Å²) < 4.78 is 0. The van der Waals surface area contributed by atoms with Crippen molar-refractivity contribution >= 4 is 65.6 Å². The molecule has 2 aromatic carbocycles. The van der Waals surface area contributed by atoms with E-state index in [1.165, 1.54) is 9.75 Å². The average Bonchev–Trinajstić information content (AvgIpc) is 3.56. The van der Waals surface area contributed by atoms with E-state index in [-0.39, 0.29) is 19.5 Å². The first kappa shape index (κ1) is 29.1. The van der Waals surface area contributed by atoms with Gasteiger partial charge in [0.2, 0.25) is 0 Å². The Labute approximate surface area is 232 Å². The number of halogens is 2. The largest absolute Gasteiger partial charge is 0.298 e. The van der Waals surface area contributed by atoms with Crippen LogP contribution in [0.2, 0.25) is 10.0 Å². The summed E-state index contributed by atoms with van der Waals surface area (Å²) in [7, 11) is 0. The molecule has 0 saturated heterocycles. The monoisotopic (exact) mass is 559 g/mol. The van der Waals surface area contributed by atoms with Crippen LogP contribution >= 0.6 is 59.4 Å². The van der Waals surface area contributed by atoms with E-state index in [9.17, 15) is 5.26 Å². The van der Waals surface area contributed by atoms with Crippen molar-refractivity contribution in [3.63, 3.8) is 0 Å². The number of aliphatic imine (C=N–C) groups is 1. The lowest BCUT2D eigenvalue weighted by Gasteiger charge is -2.12. The highest BCUT2D eigenvalue weighted by molar-refractivity contribution is 7.59. The lowest BCUT2D eigenvalue weighted by atomic mass is 10.1. The summed E-state index contributed by atoms with van der Waals surface area (Å²) >= 11 is 15.6. The highest BCUT2D eigenvalue weighted by Gasteiger charge is 2.12. The number of rotatable bonds is 9. The smallest absolute Gasteiger partial charge is 0.122 e. The molecule has 8 heteroatoms. The van der Waals surface area contributed by atoms with Gasteiger partial charge in [0.05, 0.1) is 6.07 Å². The zero-order valence-electron chi connectivity index (χ0n) is 19.0. The van der Waals surface area contributed by atoms with E-state index in [4.69, 9.17) is 23.2 Å². The van der Waals surface area contributed by atoms with Gasteiger partial charge >= 0.3 is 0 Å². The molecule has 0 aliphatic carbocycles. The Morgan fingerprint density at radius 1 is 0.857 bits per heavy atom. The topological polar surface area (TPSA) is 48.2 Å². The normalized spacial score (nSPS) is 11.2. The number of hydrogen-bond donors (Lipinski definition) is 1. The number of nitrogens with one attached hydrogen (secondary N) is 1. The summed E-state index contributed by atoms with van der Waals surface area (Å²) in [6, 6.07) is 25.4. The standard InChI is InChI=1S/C14H13ClN2S.C13H12ClNS.H2S/c15-13-6-2-1-5-12(13)14(10-16)17-8-7-11-4-3-9-18-11;14-13-6-2-1-4-11(13)10-15-8-7-12-5-3-9-16-12;/h1-6,9,14,17H,7-8H2;1-6,9-10H,7-8H2;1H2/t14-;;/m1../s1. The van der Waals surface area contributed by atoms with Gasteiger partial charge in [-0.3, -0.25) is 10.3 Å². The van der Waals surface area contributed by atoms with Crippen molar-refractivity contribution in [1.82, 2.24) is 5.32 Å². The Morgan fingerprint density at radius 2 is 1.49 bits per heavy atom. The molecule has 182 valence electrons. The Balaban J connectivity index is 0.000000241. The van der Waals surface area contributed by atoms with Crippen LogP contribution < -0.4 is 5.32 Å². The predicted octanol–water partition coefficient (Wildman–Crippen LogP) is 7.97. The molecule has 1 N–H and O–H groups in total. The second-order valence-corrected chi connectivity index (χ2v) is 10.1. The van der Waals surface area contributed by atoms with E-state index in [2.05, 4.69) is 45.3 Å². The first-order chi connectivity index (χ1) is 16.7. The SMILES string of the molecule is Clc1ccccc1C=NCCc1cccs1.N#C[C@@H](NCCc1cccs1)c1ccccc1Cl.S. The van der Waals surface area contributed by atoms with Gasteiger partial charge in [0.15, 0.2) is 0 Å². The zero-order valence-corrected chi connectivity index (χ0v) is 23.2. The van der Waals surface area contributed by atoms with Crippen molar-refractivity contribution in [2.24, 2.45) is 4.99 Å². The van der Waals surface area contributed by atoms with Crippen LogP contribution in [0.25, 0.3) is 0 Å². The van der Waals surface area contributed by atoms with Gasteiger partial charge in [-0.25, -0.2) is 0 Å². The Kier molecular flexibility index (Phi) is 13.8. The molecule has 2 heterocycles. The number of nitriles is 1.